The Labute approximate surface area is 178 Å². The van der Waals surface area contributed by atoms with Crippen LogP contribution < -0.4 is 5.32 Å². The van der Waals surface area contributed by atoms with E-state index >= 15 is 0 Å². The molecule has 1 aromatic heterocycles. The van der Waals surface area contributed by atoms with Gasteiger partial charge < -0.3 is 14.7 Å². The first-order valence-electron chi connectivity index (χ1n) is 10.5. The summed E-state index contributed by atoms with van der Waals surface area (Å²) in [6.07, 6.45) is 4.01. The number of carbonyl (C=O) groups is 1. The van der Waals surface area contributed by atoms with E-state index in [1.165, 1.54) is 25.0 Å². The van der Waals surface area contributed by atoms with Gasteiger partial charge in [-0.1, -0.05) is 30.3 Å². The van der Waals surface area contributed by atoms with Crippen LogP contribution in [-0.2, 0) is 26.8 Å². The summed E-state index contributed by atoms with van der Waals surface area (Å²) in [6.45, 7) is 6.24. The topological polar surface area (TPSA) is 105 Å². The van der Waals surface area contributed by atoms with E-state index in [9.17, 15) is 13.2 Å². The molecule has 1 aliphatic rings. The van der Waals surface area contributed by atoms with Crippen LogP contribution in [0.4, 0.5) is 0 Å². The first kappa shape index (κ1) is 22.4. The molecule has 1 atom stereocenters. The Bertz CT molecular complexity index is 914. The van der Waals surface area contributed by atoms with E-state index in [-0.39, 0.29) is 41.1 Å². The summed E-state index contributed by atoms with van der Waals surface area (Å²) in [5.41, 5.74) is 0. The molecule has 2 heterocycles. The zero-order chi connectivity index (χ0) is 21.4. The molecule has 1 fully saturated rings. The van der Waals surface area contributed by atoms with Crippen LogP contribution in [0.3, 0.4) is 0 Å². The molecular weight excluding hydrogens is 404 g/mol. The fraction of sp³-hybridized carbons (Fsp3) is 0.571. The van der Waals surface area contributed by atoms with Gasteiger partial charge in [0.2, 0.25) is 11.8 Å². The molecule has 8 nitrogen and oxygen atoms in total. The lowest BCUT2D eigenvalue weighted by atomic mass is 10.0. The average Bonchev–Trinajstić information content (AvgIpc) is 3.17. The molecule has 1 amide bonds. The van der Waals surface area contributed by atoms with E-state index in [1.807, 2.05) is 0 Å². The summed E-state index contributed by atoms with van der Waals surface area (Å²) >= 11 is 0. The molecule has 0 aliphatic carbocycles. The Balaban J connectivity index is 1.36. The quantitative estimate of drug-likeness (QED) is 0.572. The Kier molecular flexibility index (Phi) is 7.98. The molecule has 0 radical (unpaired) electrons. The van der Waals surface area contributed by atoms with E-state index in [2.05, 4.69) is 27.3 Å². The number of hydrogen-bond acceptors (Lipinski definition) is 7. The van der Waals surface area contributed by atoms with Crippen molar-refractivity contribution < 1.29 is 17.7 Å². The van der Waals surface area contributed by atoms with Gasteiger partial charge in [-0.05, 0) is 50.4 Å². The van der Waals surface area contributed by atoms with Crippen LogP contribution in [-0.4, -0.2) is 55.5 Å². The summed E-state index contributed by atoms with van der Waals surface area (Å²) in [5.74, 6) is 0.728. The number of hydrogen-bond donors (Lipinski definition) is 1. The van der Waals surface area contributed by atoms with Crippen molar-refractivity contribution in [2.75, 3.05) is 26.2 Å². The van der Waals surface area contributed by atoms with E-state index in [1.54, 1.807) is 18.2 Å². The molecule has 164 valence electrons. The van der Waals surface area contributed by atoms with Gasteiger partial charge in [-0.15, -0.1) is 0 Å². The number of aromatic nitrogens is 2. The van der Waals surface area contributed by atoms with Crippen molar-refractivity contribution in [3.8, 4) is 0 Å². The van der Waals surface area contributed by atoms with E-state index < -0.39 is 9.84 Å². The maximum Gasteiger partial charge on any atom is 0.227 e. The first-order valence-corrected chi connectivity index (χ1v) is 12.2. The van der Waals surface area contributed by atoms with Crippen molar-refractivity contribution >= 4 is 15.7 Å². The second-order valence-corrected chi connectivity index (χ2v) is 9.92. The zero-order valence-corrected chi connectivity index (χ0v) is 18.2. The van der Waals surface area contributed by atoms with Gasteiger partial charge in [0.15, 0.2) is 15.7 Å². The number of amides is 1. The second kappa shape index (κ2) is 10.7. The maximum absolute atomic E-state index is 12.4. The molecule has 0 saturated carbocycles. The smallest absolute Gasteiger partial charge is 0.227 e. The fourth-order valence-electron chi connectivity index (χ4n) is 3.66. The number of likely N-dealkylation sites (tertiary alicyclic amines) is 1. The number of nitrogens with zero attached hydrogens (tertiary/aromatic N) is 3. The third-order valence-corrected chi connectivity index (χ3v) is 6.84. The third-order valence-electron chi connectivity index (χ3n) is 5.21. The van der Waals surface area contributed by atoms with Crippen LogP contribution in [0.25, 0.3) is 0 Å². The SMILES string of the molecule is CC1CCCN(CCCNC(=O)CCc2nc(CS(=O)(=O)c3ccccc3)no2)C1. The Morgan fingerprint density at radius 1 is 1.30 bits per heavy atom. The normalized spacial score (nSPS) is 17.7. The molecule has 0 spiro atoms. The van der Waals surface area contributed by atoms with Gasteiger partial charge in [0.1, 0.15) is 5.75 Å². The number of piperidine rings is 1. The molecule has 1 aliphatic heterocycles. The number of carbonyl (C=O) groups excluding carboxylic acids is 1. The third kappa shape index (κ3) is 6.91. The number of benzene rings is 1. The Hall–Kier alpha value is -2.26. The first-order chi connectivity index (χ1) is 14.4. The minimum Gasteiger partial charge on any atom is -0.356 e. The summed E-state index contributed by atoms with van der Waals surface area (Å²) in [5, 5.41) is 6.65. The summed E-state index contributed by atoms with van der Waals surface area (Å²) < 4.78 is 29.8. The lowest BCUT2D eigenvalue weighted by Gasteiger charge is -2.30. The fourth-order valence-corrected chi connectivity index (χ4v) is 4.86. The van der Waals surface area contributed by atoms with Crippen LogP contribution in [0, 0.1) is 5.92 Å². The Morgan fingerprint density at radius 2 is 2.10 bits per heavy atom. The van der Waals surface area contributed by atoms with Crippen molar-refractivity contribution in [3.63, 3.8) is 0 Å². The molecule has 1 N–H and O–H groups in total. The Morgan fingerprint density at radius 3 is 2.87 bits per heavy atom. The minimum atomic E-state index is -3.53. The van der Waals surface area contributed by atoms with Crippen molar-refractivity contribution in [2.24, 2.45) is 5.92 Å². The van der Waals surface area contributed by atoms with Crippen molar-refractivity contribution in [3.05, 3.63) is 42.0 Å². The van der Waals surface area contributed by atoms with Crippen LogP contribution in [0.2, 0.25) is 0 Å². The van der Waals surface area contributed by atoms with Gasteiger partial charge in [0.05, 0.1) is 4.90 Å². The van der Waals surface area contributed by atoms with Gasteiger partial charge in [-0.2, -0.15) is 4.98 Å². The van der Waals surface area contributed by atoms with Crippen molar-refractivity contribution in [1.82, 2.24) is 20.4 Å². The molecule has 9 heteroatoms. The number of nitrogens with one attached hydrogen (secondary N) is 1. The van der Waals surface area contributed by atoms with Gasteiger partial charge in [0.25, 0.3) is 0 Å². The van der Waals surface area contributed by atoms with E-state index in [0.717, 1.165) is 32.0 Å². The summed E-state index contributed by atoms with van der Waals surface area (Å²) in [4.78, 5) is 18.8. The predicted molar refractivity (Wildman–Crippen MR) is 112 cm³/mol. The van der Waals surface area contributed by atoms with Crippen molar-refractivity contribution in [1.29, 1.82) is 0 Å². The van der Waals surface area contributed by atoms with Crippen LogP contribution in [0.5, 0.6) is 0 Å². The van der Waals surface area contributed by atoms with Gasteiger partial charge >= 0.3 is 0 Å². The monoisotopic (exact) mass is 434 g/mol. The molecule has 1 unspecified atom stereocenters. The van der Waals surface area contributed by atoms with Crippen molar-refractivity contribution in [2.45, 2.75) is 49.7 Å². The standard InChI is InChI=1S/C21H30N4O4S/c1-17-7-5-13-25(15-17)14-6-12-22-20(26)10-11-21-23-19(24-29-21)16-30(27,28)18-8-3-2-4-9-18/h2-4,8-9,17H,5-7,10-16H2,1H3,(H,22,26). The number of aryl methyl sites for hydroxylation is 1. The van der Waals surface area contributed by atoms with Gasteiger partial charge in [-0.3, -0.25) is 4.79 Å². The van der Waals surface area contributed by atoms with E-state index in [4.69, 9.17) is 4.52 Å². The number of sulfone groups is 1. The molecule has 1 aromatic carbocycles. The van der Waals surface area contributed by atoms with Gasteiger partial charge in [-0.25, -0.2) is 8.42 Å². The van der Waals surface area contributed by atoms with Crippen LogP contribution in [0.15, 0.2) is 39.8 Å². The van der Waals surface area contributed by atoms with E-state index in [0.29, 0.717) is 6.54 Å². The van der Waals surface area contributed by atoms with Crippen LogP contribution in [0.1, 0.15) is 44.3 Å². The molecule has 2 aromatic rings. The largest absolute Gasteiger partial charge is 0.356 e. The molecule has 0 bridgehead atoms. The number of rotatable bonds is 10. The molecular formula is C21H30N4O4S. The predicted octanol–water partition coefficient (Wildman–Crippen LogP) is 2.21. The molecule has 1 saturated heterocycles. The highest BCUT2D eigenvalue weighted by Crippen LogP contribution is 2.16. The molecule has 30 heavy (non-hydrogen) atoms. The highest BCUT2D eigenvalue weighted by molar-refractivity contribution is 7.90. The maximum atomic E-state index is 12.4. The highest BCUT2D eigenvalue weighted by atomic mass is 32.2. The zero-order valence-electron chi connectivity index (χ0n) is 17.4. The van der Waals surface area contributed by atoms with Gasteiger partial charge in [0, 0.05) is 25.9 Å². The van der Waals surface area contributed by atoms with Crippen LogP contribution >= 0.6 is 0 Å². The summed E-state index contributed by atoms with van der Waals surface area (Å²) in [7, 11) is -3.53. The average molecular weight is 435 g/mol. The lowest BCUT2D eigenvalue weighted by molar-refractivity contribution is -0.121. The summed E-state index contributed by atoms with van der Waals surface area (Å²) in [6, 6.07) is 8.16. The molecule has 3 rings (SSSR count). The highest BCUT2D eigenvalue weighted by Gasteiger charge is 2.19. The minimum absolute atomic E-state index is 0.0707. The second-order valence-electron chi connectivity index (χ2n) is 7.93. The lowest BCUT2D eigenvalue weighted by Crippen LogP contribution is -2.36.